The Kier molecular flexibility index (Phi) is 6.02. The number of carbonyl (C=O) groups excluding carboxylic acids is 3. The summed E-state index contributed by atoms with van der Waals surface area (Å²) in [6.45, 7) is 2.80. The van der Waals surface area contributed by atoms with Crippen LogP contribution in [0.4, 0.5) is 5.69 Å². The summed E-state index contributed by atoms with van der Waals surface area (Å²) in [7, 11) is 1.71. The summed E-state index contributed by atoms with van der Waals surface area (Å²) in [5.41, 5.74) is -1.76. The summed E-state index contributed by atoms with van der Waals surface area (Å²) in [6.07, 6.45) is 8.43. The Labute approximate surface area is 209 Å². The maximum atomic E-state index is 14.2. The molecule has 4 heterocycles. The van der Waals surface area contributed by atoms with Crippen LogP contribution in [0.5, 0.6) is 0 Å². The molecule has 3 amide bonds. The predicted molar refractivity (Wildman–Crippen MR) is 131 cm³/mol. The molecule has 35 heavy (non-hydrogen) atoms. The number of para-hydroxylation sites is 1. The number of aliphatic hydroxyl groups excluding tert-OH is 1. The Morgan fingerprint density at radius 1 is 1.03 bits per heavy atom. The van der Waals surface area contributed by atoms with Crippen molar-refractivity contribution in [2.75, 3.05) is 38.2 Å². The van der Waals surface area contributed by atoms with E-state index in [1.165, 1.54) is 0 Å². The van der Waals surface area contributed by atoms with Crippen LogP contribution in [0.2, 0.25) is 5.02 Å². The van der Waals surface area contributed by atoms with E-state index in [-0.39, 0.29) is 37.4 Å². The highest BCUT2D eigenvalue weighted by Gasteiger charge is 2.74. The van der Waals surface area contributed by atoms with Gasteiger partial charge in [-0.15, -0.1) is 0 Å². The number of amides is 3. The molecule has 0 aromatic heterocycles. The van der Waals surface area contributed by atoms with Crippen LogP contribution >= 0.6 is 11.6 Å². The van der Waals surface area contributed by atoms with Crippen LogP contribution in [-0.2, 0) is 19.1 Å². The molecule has 8 nitrogen and oxygen atoms in total. The molecule has 4 aliphatic heterocycles. The second kappa shape index (κ2) is 8.76. The topological polar surface area (TPSA) is 90.4 Å². The van der Waals surface area contributed by atoms with Gasteiger partial charge >= 0.3 is 0 Å². The normalized spacial score (nSPS) is 34.1. The van der Waals surface area contributed by atoms with Gasteiger partial charge in [0, 0.05) is 33.3 Å². The third-order valence-electron chi connectivity index (χ3n) is 7.71. The molecule has 2 fully saturated rings. The molecule has 0 saturated carbocycles. The van der Waals surface area contributed by atoms with E-state index in [1.54, 1.807) is 39.9 Å². The summed E-state index contributed by atoms with van der Waals surface area (Å²) in [4.78, 5) is 46.5. The minimum absolute atomic E-state index is 0.00780. The fourth-order valence-corrected chi connectivity index (χ4v) is 6.40. The maximum Gasteiger partial charge on any atom is 0.253 e. The van der Waals surface area contributed by atoms with Crippen LogP contribution < -0.4 is 4.90 Å². The van der Waals surface area contributed by atoms with E-state index >= 15 is 0 Å². The van der Waals surface area contributed by atoms with E-state index in [0.29, 0.717) is 30.1 Å². The zero-order valence-corrected chi connectivity index (χ0v) is 20.6. The summed E-state index contributed by atoms with van der Waals surface area (Å²) >= 11 is 6.45. The van der Waals surface area contributed by atoms with Crippen molar-refractivity contribution in [3.63, 3.8) is 0 Å². The SMILES string of the molecule is CN1CC=C[C@@]2(C)O[C@]34C=CCN(c5ccccc5Cl)C(=O)C3N(CCCCO)C(=O)[C@@H]4[C@H]2C1=O. The van der Waals surface area contributed by atoms with Gasteiger partial charge in [0.25, 0.3) is 5.91 Å². The van der Waals surface area contributed by atoms with E-state index in [4.69, 9.17) is 16.3 Å². The minimum atomic E-state index is -1.29. The lowest BCUT2D eigenvalue weighted by Crippen LogP contribution is -2.56. The number of hydrogen-bond donors (Lipinski definition) is 1. The first-order valence-electron chi connectivity index (χ1n) is 12.0. The molecule has 5 atom stereocenters. The van der Waals surface area contributed by atoms with Crippen molar-refractivity contribution < 1.29 is 24.2 Å². The van der Waals surface area contributed by atoms with Crippen LogP contribution in [0.15, 0.2) is 48.6 Å². The van der Waals surface area contributed by atoms with E-state index < -0.39 is 29.1 Å². The van der Waals surface area contributed by atoms with Gasteiger partial charge in [-0.2, -0.15) is 0 Å². The van der Waals surface area contributed by atoms with Crippen molar-refractivity contribution >= 4 is 35.0 Å². The molecular formula is C26H30ClN3O5. The first-order chi connectivity index (χ1) is 16.7. The molecule has 1 unspecified atom stereocenters. The van der Waals surface area contributed by atoms with Gasteiger partial charge in [-0.3, -0.25) is 14.4 Å². The number of halogens is 1. The number of rotatable bonds is 5. The molecule has 9 heteroatoms. The molecule has 2 saturated heterocycles. The predicted octanol–water partition coefficient (Wildman–Crippen LogP) is 2.01. The van der Waals surface area contributed by atoms with E-state index in [1.807, 2.05) is 37.3 Å². The number of hydrogen-bond acceptors (Lipinski definition) is 5. The number of fused-ring (bicyclic) bond motifs is 2. The molecule has 4 aliphatic rings. The number of unbranched alkanes of at least 4 members (excludes halogenated alkanes) is 1. The monoisotopic (exact) mass is 499 g/mol. The van der Waals surface area contributed by atoms with E-state index in [0.717, 1.165) is 0 Å². The second-order valence-corrected chi connectivity index (χ2v) is 10.3. The fourth-order valence-electron chi connectivity index (χ4n) is 6.16. The van der Waals surface area contributed by atoms with Crippen molar-refractivity contribution in [3.8, 4) is 0 Å². The Morgan fingerprint density at radius 3 is 2.51 bits per heavy atom. The van der Waals surface area contributed by atoms with E-state index in [2.05, 4.69) is 0 Å². The summed E-state index contributed by atoms with van der Waals surface area (Å²) < 4.78 is 6.73. The summed E-state index contributed by atoms with van der Waals surface area (Å²) in [6, 6.07) is 6.15. The molecule has 5 rings (SSSR count). The average molecular weight is 500 g/mol. The van der Waals surface area contributed by atoms with Gasteiger partial charge in [0.15, 0.2) is 0 Å². The molecule has 0 aliphatic carbocycles. The van der Waals surface area contributed by atoms with Gasteiger partial charge in [0.1, 0.15) is 11.6 Å². The smallest absolute Gasteiger partial charge is 0.253 e. The number of likely N-dealkylation sites (tertiary alicyclic amines) is 1. The van der Waals surface area contributed by atoms with Gasteiger partial charge in [0.2, 0.25) is 11.8 Å². The minimum Gasteiger partial charge on any atom is -0.396 e. The number of likely N-dealkylation sites (N-methyl/N-ethyl adjacent to an activating group) is 1. The van der Waals surface area contributed by atoms with Gasteiger partial charge in [-0.1, -0.05) is 48.0 Å². The third-order valence-corrected chi connectivity index (χ3v) is 8.03. The highest BCUT2D eigenvalue weighted by molar-refractivity contribution is 6.34. The number of anilines is 1. The number of carbonyl (C=O) groups is 3. The molecule has 0 bridgehead atoms. The maximum absolute atomic E-state index is 14.2. The van der Waals surface area contributed by atoms with Crippen LogP contribution in [0, 0.1) is 11.8 Å². The fraction of sp³-hybridized carbons (Fsp3) is 0.500. The molecule has 1 aromatic rings. The van der Waals surface area contributed by atoms with Crippen molar-refractivity contribution in [1.82, 2.24) is 9.80 Å². The van der Waals surface area contributed by atoms with Crippen molar-refractivity contribution in [1.29, 1.82) is 0 Å². The number of ether oxygens (including phenoxy) is 1. The zero-order chi connectivity index (χ0) is 25.0. The van der Waals surface area contributed by atoms with E-state index in [9.17, 15) is 19.5 Å². The lowest BCUT2D eigenvalue weighted by atomic mass is 9.74. The standard InChI is InChI=1S/C26H30ClN3O5/c1-25-11-7-13-28(2)22(32)19(25)20-23(33)30(14-5-6-16-31)21-24(34)29(15-8-12-26(20,21)35-25)18-10-4-3-9-17(18)27/h3-4,7-12,19-21,31H,5-6,13-16H2,1-2H3/t19-,20-,21?,25+,26-/m0/s1. The third kappa shape index (κ3) is 3.53. The van der Waals surface area contributed by atoms with Crippen LogP contribution in [-0.4, -0.2) is 83.2 Å². The highest BCUT2D eigenvalue weighted by atomic mass is 35.5. The average Bonchev–Trinajstić information content (AvgIpc) is 3.09. The number of nitrogens with zero attached hydrogens (tertiary/aromatic N) is 3. The molecule has 0 radical (unpaired) electrons. The first-order valence-corrected chi connectivity index (χ1v) is 12.4. The molecule has 1 aromatic carbocycles. The van der Waals surface area contributed by atoms with Crippen molar-refractivity contribution in [2.24, 2.45) is 11.8 Å². The largest absolute Gasteiger partial charge is 0.396 e. The van der Waals surface area contributed by atoms with Gasteiger partial charge in [-0.05, 0) is 31.9 Å². The lowest BCUT2D eigenvalue weighted by molar-refractivity contribution is -0.148. The number of benzene rings is 1. The van der Waals surface area contributed by atoms with Crippen molar-refractivity contribution in [3.05, 3.63) is 53.6 Å². The highest BCUT2D eigenvalue weighted by Crippen LogP contribution is 2.57. The van der Waals surface area contributed by atoms with Gasteiger partial charge in [-0.25, -0.2) is 0 Å². The zero-order valence-electron chi connectivity index (χ0n) is 19.9. The molecule has 186 valence electrons. The van der Waals surface area contributed by atoms with Gasteiger partial charge in [0.05, 0.1) is 28.1 Å². The van der Waals surface area contributed by atoms with Crippen LogP contribution in [0.3, 0.4) is 0 Å². The van der Waals surface area contributed by atoms with Crippen LogP contribution in [0.25, 0.3) is 0 Å². The van der Waals surface area contributed by atoms with Crippen LogP contribution in [0.1, 0.15) is 19.8 Å². The van der Waals surface area contributed by atoms with Gasteiger partial charge < -0.3 is 24.5 Å². The molecule has 1 N–H and O–H groups in total. The number of aliphatic hydroxyl groups is 1. The Balaban J connectivity index is 1.64. The molecular weight excluding hydrogens is 470 g/mol. The molecule has 1 spiro atoms. The Morgan fingerprint density at radius 2 is 1.77 bits per heavy atom. The first kappa shape index (κ1) is 24.0. The summed E-state index contributed by atoms with van der Waals surface area (Å²) in [5.74, 6) is -2.33. The second-order valence-electron chi connectivity index (χ2n) is 9.88. The summed E-state index contributed by atoms with van der Waals surface area (Å²) in [5, 5.41) is 9.75. The Hall–Kier alpha value is -2.68. The Bertz CT molecular complexity index is 1120. The van der Waals surface area contributed by atoms with Crippen molar-refractivity contribution in [2.45, 2.75) is 37.0 Å². The lowest BCUT2D eigenvalue weighted by Gasteiger charge is -2.37. The quantitative estimate of drug-likeness (QED) is 0.494.